The highest BCUT2D eigenvalue weighted by Gasteiger charge is 2.23. The Balaban J connectivity index is 1.84. The van der Waals surface area contributed by atoms with Crippen molar-refractivity contribution >= 4 is 42.6 Å². The number of sulfonamides is 1. The van der Waals surface area contributed by atoms with Gasteiger partial charge in [-0.05, 0) is 39.1 Å². The molecular weight excluding hydrogens is 378 g/mol. The van der Waals surface area contributed by atoms with E-state index in [4.69, 9.17) is 9.15 Å². The lowest BCUT2D eigenvalue weighted by molar-refractivity contribution is 0.0995. The SMILES string of the molecule is CCOc1ccc2nc(NC(=O)c3cc(S(=O)(=O)NC)c(C)o3)sc2c1. The Kier molecular flexibility index (Phi) is 4.99. The van der Waals surface area contributed by atoms with Gasteiger partial charge in [-0.2, -0.15) is 0 Å². The average molecular weight is 395 g/mol. The second-order valence-electron chi connectivity index (χ2n) is 5.27. The smallest absolute Gasteiger partial charge is 0.293 e. The average Bonchev–Trinajstić information content (AvgIpc) is 3.18. The van der Waals surface area contributed by atoms with Gasteiger partial charge < -0.3 is 9.15 Å². The van der Waals surface area contributed by atoms with Crippen molar-refractivity contribution < 1.29 is 22.4 Å². The highest BCUT2D eigenvalue weighted by molar-refractivity contribution is 7.89. The minimum absolute atomic E-state index is 0.0733. The maximum Gasteiger partial charge on any atom is 0.293 e. The van der Waals surface area contributed by atoms with Crippen molar-refractivity contribution in [2.45, 2.75) is 18.7 Å². The number of carbonyl (C=O) groups excluding carboxylic acids is 1. The zero-order valence-corrected chi connectivity index (χ0v) is 16.0. The molecular formula is C16H17N3O5S2. The summed E-state index contributed by atoms with van der Waals surface area (Å²) < 4.78 is 37.6. The number of aromatic nitrogens is 1. The Hall–Kier alpha value is -2.43. The molecule has 2 N–H and O–H groups in total. The number of amides is 1. The summed E-state index contributed by atoms with van der Waals surface area (Å²) in [4.78, 5) is 16.6. The molecule has 0 fully saturated rings. The number of hydrogen-bond acceptors (Lipinski definition) is 7. The van der Waals surface area contributed by atoms with Crippen LogP contribution in [0.4, 0.5) is 5.13 Å². The van der Waals surface area contributed by atoms with Gasteiger partial charge >= 0.3 is 0 Å². The molecule has 10 heteroatoms. The third-order valence-electron chi connectivity index (χ3n) is 3.55. The largest absolute Gasteiger partial charge is 0.494 e. The number of aryl methyl sites for hydroxylation is 1. The maximum absolute atomic E-state index is 12.4. The van der Waals surface area contributed by atoms with Gasteiger partial charge in [0.1, 0.15) is 16.4 Å². The van der Waals surface area contributed by atoms with Crippen molar-refractivity contribution in [3.63, 3.8) is 0 Å². The van der Waals surface area contributed by atoms with Crippen LogP contribution in [0.2, 0.25) is 0 Å². The number of ether oxygens (including phenoxy) is 1. The van der Waals surface area contributed by atoms with Gasteiger partial charge in [0.2, 0.25) is 10.0 Å². The van der Waals surface area contributed by atoms with Crippen LogP contribution in [0.3, 0.4) is 0 Å². The van der Waals surface area contributed by atoms with Crippen molar-refractivity contribution in [2.75, 3.05) is 19.0 Å². The molecule has 138 valence electrons. The second kappa shape index (κ2) is 7.06. The number of hydrogen-bond donors (Lipinski definition) is 2. The van der Waals surface area contributed by atoms with Gasteiger partial charge in [0.05, 0.1) is 16.8 Å². The summed E-state index contributed by atoms with van der Waals surface area (Å²) in [6, 6.07) is 6.65. The van der Waals surface area contributed by atoms with Crippen LogP contribution in [0.25, 0.3) is 10.2 Å². The Morgan fingerprint density at radius 2 is 2.12 bits per heavy atom. The Morgan fingerprint density at radius 1 is 1.35 bits per heavy atom. The predicted octanol–water partition coefficient (Wildman–Crippen LogP) is 2.76. The van der Waals surface area contributed by atoms with Crippen LogP contribution in [0.15, 0.2) is 33.6 Å². The van der Waals surface area contributed by atoms with Crippen LogP contribution in [0.5, 0.6) is 5.75 Å². The first kappa shape index (κ1) is 18.4. The molecule has 0 aliphatic heterocycles. The molecule has 0 saturated heterocycles. The monoisotopic (exact) mass is 395 g/mol. The van der Waals surface area contributed by atoms with Crippen molar-refractivity contribution in [1.29, 1.82) is 0 Å². The standard InChI is InChI=1S/C16H17N3O5S2/c1-4-23-10-5-6-11-13(7-10)25-16(18-11)19-15(20)12-8-14(9(2)24-12)26(21,22)17-3/h5-8,17H,4H2,1-3H3,(H,18,19,20). The number of anilines is 1. The Labute approximate surface area is 154 Å². The Morgan fingerprint density at radius 3 is 2.81 bits per heavy atom. The van der Waals surface area contributed by atoms with Crippen LogP contribution in [0, 0.1) is 6.92 Å². The molecule has 0 radical (unpaired) electrons. The fourth-order valence-electron chi connectivity index (χ4n) is 2.33. The van der Waals surface area contributed by atoms with Crippen LogP contribution in [-0.2, 0) is 10.0 Å². The number of fused-ring (bicyclic) bond motifs is 1. The van der Waals surface area contributed by atoms with Gasteiger partial charge in [-0.1, -0.05) is 11.3 Å². The van der Waals surface area contributed by atoms with E-state index in [0.717, 1.165) is 16.0 Å². The molecule has 0 atom stereocenters. The molecule has 2 heterocycles. The molecule has 26 heavy (non-hydrogen) atoms. The lowest BCUT2D eigenvalue weighted by Crippen LogP contribution is -2.18. The van der Waals surface area contributed by atoms with E-state index in [0.29, 0.717) is 11.7 Å². The molecule has 1 aromatic carbocycles. The molecule has 0 unspecified atom stereocenters. The van der Waals surface area contributed by atoms with E-state index >= 15 is 0 Å². The summed E-state index contributed by atoms with van der Waals surface area (Å²) in [5.74, 6) is 0.181. The van der Waals surface area contributed by atoms with Gasteiger partial charge in [-0.3, -0.25) is 10.1 Å². The molecule has 0 aliphatic carbocycles. The van der Waals surface area contributed by atoms with E-state index in [1.165, 1.54) is 31.4 Å². The Bertz CT molecular complexity index is 1070. The number of furan rings is 1. The van der Waals surface area contributed by atoms with Crippen LogP contribution >= 0.6 is 11.3 Å². The molecule has 3 rings (SSSR count). The van der Waals surface area contributed by atoms with Crippen molar-refractivity contribution in [3.8, 4) is 5.75 Å². The number of rotatable bonds is 6. The van der Waals surface area contributed by atoms with Crippen LogP contribution in [-0.4, -0.2) is 33.0 Å². The third kappa shape index (κ3) is 3.57. The van der Waals surface area contributed by atoms with E-state index in [1.807, 2.05) is 19.1 Å². The first-order valence-corrected chi connectivity index (χ1v) is 10.0. The van der Waals surface area contributed by atoms with Crippen molar-refractivity contribution in [3.05, 3.63) is 35.8 Å². The summed E-state index contributed by atoms with van der Waals surface area (Å²) in [5, 5.41) is 3.01. The van der Waals surface area contributed by atoms with Gasteiger partial charge in [0.25, 0.3) is 5.91 Å². The predicted molar refractivity (Wildman–Crippen MR) is 98.4 cm³/mol. The number of carbonyl (C=O) groups is 1. The molecule has 0 spiro atoms. The maximum atomic E-state index is 12.4. The zero-order chi connectivity index (χ0) is 18.9. The molecule has 3 aromatic rings. The molecule has 0 bridgehead atoms. The summed E-state index contributed by atoms with van der Waals surface area (Å²) >= 11 is 1.29. The topological polar surface area (TPSA) is 111 Å². The van der Waals surface area contributed by atoms with Crippen LogP contribution < -0.4 is 14.8 Å². The molecule has 0 saturated carbocycles. The third-order valence-corrected chi connectivity index (χ3v) is 6.00. The lowest BCUT2D eigenvalue weighted by Gasteiger charge is -2.00. The number of thiazole rings is 1. The fraction of sp³-hybridized carbons (Fsp3) is 0.250. The van der Waals surface area contributed by atoms with Crippen molar-refractivity contribution in [1.82, 2.24) is 9.71 Å². The molecule has 0 aliphatic rings. The number of benzene rings is 1. The van der Waals surface area contributed by atoms with E-state index < -0.39 is 15.9 Å². The molecule has 1 amide bonds. The van der Waals surface area contributed by atoms with Gasteiger partial charge in [-0.15, -0.1) is 0 Å². The van der Waals surface area contributed by atoms with E-state index in [9.17, 15) is 13.2 Å². The van der Waals surface area contributed by atoms with Gasteiger partial charge in [-0.25, -0.2) is 18.1 Å². The van der Waals surface area contributed by atoms with E-state index in [1.54, 1.807) is 6.07 Å². The molecule has 2 aromatic heterocycles. The quantitative estimate of drug-likeness (QED) is 0.664. The summed E-state index contributed by atoms with van der Waals surface area (Å²) in [7, 11) is -2.41. The summed E-state index contributed by atoms with van der Waals surface area (Å²) in [6.45, 7) is 3.94. The molecule has 8 nitrogen and oxygen atoms in total. The number of nitrogens with zero attached hydrogens (tertiary/aromatic N) is 1. The van der Waals surface area contributed by atoms with Gasteiger partial charge in [0.15, 0.2) is 10.9 Å². The van der Waals surface area contributed by atoms with E-state index in [2.05, 4.69) is 15.0 Å². The first-order valence-electron chi connectivity index (χ1n) is 7.72. The van der Waals surface area contributed by atoms with Gasteiger partial charge in [0, 0.05) is 6.07 Å². The van der Waals surface area contributed by atoms with Crippen molar-refractivity contribution in [2.24, 2.45) is 0 Å². The minimum atomic E-state index is -3.70. The number of nitrogens with one attached hydrogen (secondary N) is 2. The minimum Gasteiger partial charge on any atom is -0.494 e. The first-order chi connectivity index (χ1) is 12.3. The summed E-state index contributed by atoms with van der Waals surface area (Å²) in [6.07, 6.45) is 0. The van der Waals surface area contributed by atoms with Crippen LogP contribution in [0.1, 0.15) is 23.2 Å². The zero-order valence-electron chi connectivity index (χ0n) is 14.3. The summed E-state index contributed by atoms with van der Waals surface area (Å²) in [5.41, 5.74) is 0.725. The normalized spacial score (nSPS) is 11.7. The van der Waals surface area contributed by atoms with E-state index in [-0.39, 0.29) is 16.4 Å². The second-order valence-corrected chi connectivity index (χ2v) is 8.16. The fourth-order valence-corrected chi connectivity index (χ4v) is 4.12. The lowest BCUT2D eigenvalue weighted by atomic mass is 10.3. The highest BCUT2D eigenvalue weighted by Crippen LogP contribution is 2.30. The highest BCUT2D eigenvalue weighted by atomic mass is 32.2.